The summed E-state index contributed by atoms with van der Waals surface area (Å²) in [5.74, 6) is 0.640. The van der Waals surface area contributed by atoms with Gasteiger partial charge in [0.25, 0.3) is 5.91 Å². The molecule has 0 atom stereocenters. The van der Waals surface area contributed by atoms with Gasteiger partial charge in [0.2, 0.25) is 0 Å². The highest BCUT2D eigenvalue weighted by Gasteiger charge is 2.23. The fourth-order valence-corrected chi connectivity index (χ4v) is 3.28. The van der Waals surface area contributed by atoms with Gasteiger partial charge < -0.3 is 19.1 Å². The zero-order chi connectivity index (χ0) is 20.6. The standard InChI is InChI=1S/C23H25NO5/c1-3-28-21-9-5-4-7-17(21)10-13-23(26)29-16-22(25)24-14-6-8-18-15-19(27-2)11-12-20(18)24/h4-5,7,9-13,15H,3,6,8,14,16H2,1-2H3/b13-10+. The van der Waals surface area contributed by atoms with E-state index in [-0.39, 0.29) is 12.5 Å². The van der Waals surface area contributed by atoms with Crippen LogP contribution < -0.4 is 14.4 Å². The Balaban J connectivity index is 1.60. The minimum absolute atomic E-state index is 0.243. The number of rotatable bonds is 7. The Kier molecular flexibility index (Phi) is 6.89. The lowest BCUT2D eigenvalue weighted by Crippen LogP contribution is -2.38. The van der Waals surface area contributed by atoms with Crippen molar-refractivity contribution in [2.45, 2.75) is 19.8 Å². The number of methoxy groups -OCH3 is 1. The number of para-hydroxylation sites is 1. The minimum atomic E-state index is -0.573. The highest BCUT2D eigenvalue weighted by molar-refractivity contribution is 5.97. The maximum absolute atomic E-state index is 12.6. The maximum Gasteiger partial charge on any atom is 0.331 e. The number of fused-ring (bicyclic) bond motifs is 1. The molecule has 6 heteroatoms. The lowest BCUT2D eigenvalue weighted by atomic mass is 10.0. The summed E-state index contributed by atoms with van der Waals surface area (Å²) in [5, 5.41) is 0. The molecule has 0 fully saturated rings. The van der Waals surface area contributed by atoms with Crippen LogP contribution in [0.2, 0.25) is 0 Å². The Labute approximate surface area is 170 Å². The van der Waals surface area contributed by atoms with E-state index in [4.69, 9.17) is 14.2 Å². The van der Waals surface area contributed by atoms with Gasteiger partial charge in [0, 0.05) is 23.9 Å². The first-order valence-corrected chi connectivity index (χ1v) is 9.66. The number of anilines is 1. The fourth-order valence-electron chi connectivity index (χ4n) is 3.28. The molecule has 0 unspecified atom stereocenters. The van der Waals surface area contributed by atoms with E-state index in [1.54, 1.807) is 18.1 Å². The fraction of sp³-hybridized carbons (Fsp3) is 0.304. The zero-order valence-corrected chi connectivity index (χ0v) is 16.7. The van der Waals surface area contributed by atoms with E-state index < -0.39 is 5.97 Å². The van der Waals surface area contributed by atoms with Gasteiger partial charge in [0.1, 0.15) is 11.5 Å². The highest BCUT2D eigenvalue weighted by Crippen LogP contribution is 2.30. The second-order valence-electron chi connectivity index (χ2n) is 6.56. The van der Waals surface area contributed by atoms with Crippen molar-refractivity contribution >= 4 is 23.6 Å². The Bertz CT molecular complexity index is 906. The van der Waals surface area contributed by atoms with Crippen LogP contribution in [0, 0.1) is 0 Å². The first-order chi connectivity index (χ1) is 14.1. The van der Waals surface area contributed by atoms with Crippen LogP contribution in [0.3, 0.4) is 0 Å². The van der Waals surface area contributed by atoms with Crippen LogP contribution in [0.25, 0.3) is 6.08 Å². The lowest BCUT2D eigenvalue weighted by Gasteiger charge is -2.29. The van der Waals surface area contributed by atoms with Crippen LogP contribution >= 0.6 is 0 Å². The smallest absolute Gasteiger partial charge is 0.331 e. The van der Waals surface area contributed by atoms with Crippen molar-refractivity contribution in [2.24, 2.45) is 0 Å². The third-order valence-electron chi connectivity index (χ3n) is 4.66. The number of esters is 1. The van der Waals surface area contributed by atoms with Crippen molar-refractivity contribution in [1.29, 1.82) is 0 Å². The molecular formula is C23H25NO5. The molecule has 0 spiro atoms. The van der Waals surface area contributed by atoms with Crippen LogP contribution in [-0.4, -0.2) is 38.7 Å². The molecule has 1 heterocycles. The van der Waals surface area contributed by atoms with Crippen molar-refractivity contribution in [2.75, 3.05) is 31.8 Å². The average Bonchev–Trinajstić information content (AvgIpc) is 2.76. The SMILES string of the molecule is CCOc1ccccc1/C=C/C(=O)OCC(=O)N1CCCc2cc(OC)ccc21. The molecule has 152 valence electrons. The van der Waals surface area contributed by atoms with E-state index >= 15 is 0 Å². The van der Waals surface area contributed by atoms with Crippen molar-refractivity contribution < 1.29 is 23.8 Å². The highest BCUT2D eigenvalue weighted by atomic mass is 16.5. The predicted octanol–water partition coefficient (Wildman–Crippen LogP) is 3.63. The van der Waals surface area contributed by atoms with Gasteiger partial charge in [-0.05, 0) is 55.7 Å². The van der Waals surface area contributed by atoms with E-state index in [1.165, 1.54) is 6.08 Å². The molecule has 2 aromatic carbocycles. The van der Waals surface area contributed by atoms with Gasteiger partial charge in [-0.15, -0.1) is 0 Å². The van der Waals surface area contributed by atoms with Gasteiger partial charge in [-0.25, -0.2) is 4.79 Å². The van der Waals surface area contributed by atoms with E-state index in [9.17, 15) is 9.59 Å². The third-order valence-corrected chi connectivity index (χ3v) is 4.66. The van der Waals surface area contributed by atoms with Crippen molar-refractivity contribution in [3.63, 3.8) is 0 Å². The number of carbonyl (C=O) groups excluding carboxylic acids is 2. The van der Waals surface area contributed by atoms with Gasteiger partial charge >= 0.3 is 5.97 Å². The summed E-state index contributed by atoms with van der Waals surface area (Å²) in [5.41, 5.74) is 2.68. The van der Waals surface area contributed by atoms with Crippen LogP contribution in [-0.2, 0) is 20.7 Å². The van der Waals surface area contributed by atoms with Gasteiger partial charge in [-0.3, -0.25) is 4.79 Å². The summed E-state index contributed by atoms with van der Waals surface area (Å²) < 4.78 is 15.9. The number of hydrogen-bond donors (Lipinski definition) is 0. The largest absolute Gasteiger partial charge is 0.497 e. The number of hydrogen-bond acceptors (Lipinski definition) is 5. The normalized spacial score (nSPS) is 13.1. The average molecular weight is 395 g/mol. The molecule has 0 N–H and O–H groups in total. The molecule has 1 aliphatic rings. The Morgan fingerprint density at radius 3 is 2.79 bits per heavy atom. The number of aryl methyl sites for hydroxylation is 1. The third kappa shape index (κ3) is 5.16. The van der Waals surface area contributed by atoms with Gasteiger partial charge in [0.05, 0.1) is 13.7 Å². The summed E-state index contributed by atoms with van der Waals surface area (Å²) in [4.78, 5) is 26.3. The molecule has 0 aromatic heterocycles. The summed E-state index contributed by atoms with van der Waals surface area (Å²) in [6, 6.07) is 13.1. The molecule has 0 saturated carbocycles. The minimum Gasteiger partial charge on any atom is -0.497 e. The van der Waals surface area contributed by atoms with E-state index in [0.29, 0.717) is 18.9 Å². The van der Waals surface area contributed by atoms with E-state index in [1.807, 2.05) is 49.4 Å². The molecule has 0 radical (unpaired) electrons. The Hall–Kier alpha value is -3.28. The van der Waals surface area contributed by atoms with Crippen molar-refractivity contribution in [3.8, 4) is 11.5 Å². The molecule has 2 aromatic rings. The van der Waals surface area contributed by atoms with Crippen LogP contribution in [0.1, 0.15) is 24.5 Å². The Morgan fingerprint density at radius 1 is 1.17 bits per heavy atom. The van der Waals surface area contributed by atoms with Gasteiger partial charge in [-0.1, -0.05) is 18.2 Å². The summed E-state index contributed by atoms with van der Waals surface area (Å²) >= 11 is 0. The molecule has 29 heavy (non-hydrogen) atoms. The predicted molar refractivity (Wildman–Crippen MR) is 111 cm³/mol. The maximum atomic E-state index is 12.6. The van der Waals surface area contributed by atoms with Crippen LogP contribution in [0.4, 0.5) is 5.69 Å². The molecular weight excluding hydrogens is 370 g/mol. The molecule has 1 aliphatic heterocycles. The van der Waals surface area contributed by atoms with E-state index in [0.717, 1.165) is 35.4 Å². The number of benzene rings is 2. The van der Waals surface area contributed by atoms with Gasteiger partial charge in [-0.2, -0.15) is 0 Å². The van der Waals surface area contributed by atoms with Gasteiger partial charge in [0.15, 0.2) is 6.61 Å². The van der Waals surface area contributed by atoms with E-state index in [2.05, 4.69) is 0 Å². The lowest BCUT2D eigenvalue weighted by molar-refractivity contribution is -0.142. The first kappa shape index (κ1) is 20.5. The molecule has 0 saturated heterocycles. The summed E-state index contributed by atoms with van der Waals surface area (Å²) in [7, 11) is 1.62. The molecule has 1 amide bonds. The van der Waals surface area contributed by atoms with Crippen molar-refractivity contribution in [3.05, 3.63) is 59.7 Å². The summed E-state index contributed by atoms with van der Waals surface area (Å²) in [6.07, 6.45) is 4.67. The second-order valence-corrected chi connectivity index (χ2v) is 6.56. The Morgan fingerprint density at radius 2 is 2.00 bits per heavy atom. The topological polar surface area (TPSA) is 65.1 Å². The molecule has 3 rings (SSSR count). The number of carbonyl (C=O) groups is 2. The van der Waals surface area contributed by atoms with Crippen LogP contribution in [0.15, 0.2) is 48.5 Å². The molecule has 0 aliphatic carbocycles. The molecule has 6 nitrogen and oxygen atoms in total. The summed E-state index contributed by atoms with van der Waals surface area (Å²) in [6.45, 7) is 2.73. The monoisotopic (exact) mass is 395 g/mol. The van der Waals surface area contributed by atoms with Crippen LogP contribution in [0.5, 0.6) is 11.5 Å². The second kappa shape index (κ2) is 9.78. The van der Waals surface area contributed by atoms with Crippen molar-refractivity contribution in [1.82, 2.24) is 0 Å². The quantitative estimate of drug-likeness (QED) is 0.529. The number of amides is 1. The zero-order valence-electron chi connectivity index (χ0n) is 16.7. The first-order valence-electron chi connectivity index (χ1n) is 9.66. The number of ether oxygens (including phenoxy) is 3. The number of nitrogens with zero attached hydrogens (tertiary/aromatic N) is 1. The molecule has 0 bridgehead atoms.